The molecule has 1 N–H and O–H groups in total. The zero-order valence-electron chi connectivity index (χ0n) is 16.4. The number of nitrogens with one attached hydrogen (secondary N) is 1. The van der Waals surface area contributed by atoms with E-state index in [0.717, 1.165) is 40.0 Å². The van der Waals surface area contributed by atoms with Crippen molar-refractivity contribution in [1.29, 1.82) is 0 Å². The van der Waals surface area contributed by atoms with Crippen molar-refractivity contribution >= 4 is 16.9 Å². The van der Waals surface area contributed by atoms with Crippen molar-refractivity contribution in [3.05, 3.63) is 87.6 Å². The molecule has 0 saturated carbocycles. The molecule has 2 aromatic heterocycles. The number of carbonyl (C=O) groups is 1. The predicted octanol–water partition coefficient (Wildman–Crippen LogP) is 3.60. The molecule has 4 aromatic rings. The molecule has 0 aliphatic carbocycles. The number of benzene rings is 2. The van der Waals surface area contributed by atoms with Gasteiger partial charge in [-0.3, -0.25) is 15.0 Å². The highest BCUT2D eigenvalue weighted by atomic mass is 19.4. The highest BCUT2D eigenvalue weighted by Gasteiger charge is 2.31. The lowest BCUT2D eigenvalue weighted by molar-refractivity contribution is -0.137. The van der Waals surface area contributed by atoms with E-state index in [-0.39, 0.29) is 16.6 Å². The summed E-state index contributed by atoms with van der Waals surface area (Å²) in [5.41, 5.74) is 3.60. The van der Waals surface area contributed by atoms with Crippen molar-refractivity contribution in [2.45, 2.75) is 20.0 Å². The maximum absolute atomic E-state index is 12.9. The lowest BCUT2D eigenvalue weighted by atomic mass is 10.1. The van der Waals surface area contributed by atoms with Crippen molar-refractivity contribution in [3.63, 3.8) is 0 Å². The van der Waals surface area contributed by atoms with Crippen LogP contribution in [-0.4, -0.2) is 25.3 Å². The number of hydrogen-bond acceptors (Lipinski definition) is 4. The van der Waals surface area contributed by atoms with E-state index in [0.29, 0.717) is 6.07 Å². The first-order valence-corrected chi connectivity index (χ1v) is 9.17. The van der Waals surface area contributed by atoms with E-state index in [1.807, 2.05) is 32.0 Å². The van der Waals surface area contributed by atoms with Crippen molar-refractivity contribution in [2.24, 2.45) is 0 Å². The quantitative estimate of drug-likeness (QED) is 0.542. The molecule has 10 heteroatoms. The average molecular weight is 427 g/mol. The van der Waals surface area contributed by atoms with Crippen molar-refractivity contribution < 1.29 is 18.0 Å². The number of amides is 1. The van der Waals surface area contributed by atoms with Gasteiger partial charge in [0, 0.05) is 5.56 Å². The molecule has 2 heterocycles. The van der Waals surface area contributed by atoms with E-state index in [1.165, 1.54) is 16.9 Å². The van der Waals surface area contributed by atoms with Crippen LogP contribution in [0.3, 0.4) is 0 Å². The SMILES string of the molecule is Cc1ccc(-n2ncc3c(=O)n(NC(=O)c4cccc(C(F)(F)F)c4)cnc32)cc1C. The monoisotopic (exact) mass is 427 g/mol. The van der Waals surface area contributed by atoms with Gasteiger partial charge >= 0.3 is 6.18 Å². The Balaban J connectivity index is 1.67. The molecule has 31 heavy (non-hydrogen) atoms. The van der Waals surface area contributed by atoms with Crippen LogP contribution in [0.2, 0.25) is 0 Å². The van der Waals surface area contributed by atoms with Crippen LogP contribution < -0.4 is 11.0 Å². The molecule has 4 rings (SSSR count). The van der Waals surface area contributed by atoms with E-state index < -0.39 is 23.2 Å². The Bertz CT molecular complexity index is 1370. The van der Waals surface area contributed by atoms with Gasteiger partial charge in [-0.1, -0.05) is 12.1 Å². The number of nitrogens with zero attached hydrogens (tertiary/aromatic N) is 4. The maximum Gasteiger partial charge on any atom is 0.416 e. The zero-order valence-corrected chi connectivity index (χ0v) is 16.4. The first-order valence-electron chi connectivity index (χ1n) is 9.17. The Hall–Kier alpha value is -3.95. The minimum Gasteiger partial charge on any atom is -0.267 e. The van der Waals surface area contributed by atoms with Crippen LogP contribution in [0.15, 0.2) is 59.8 Å². The molecule has 0 aliphatic heterocycles. The van der Waals surface area contributed by atoms with Crippen LogP contribution >= 0.6 is 0 Å². The molecule has 2 aromatic carbocycles. The zero-order chi connectivity index (χ0) is 22.3. The minimum atomic E-state index is -4.59. The summed E-state index contributed by atoms with van der Waals surface area (Å²) in [5.74, 6) is -0.879. The lowest BCUT2D eigenvalue weighted by Crippen LogP contribution is -2.33. The summed E-state index contributed by atoms with van der Waals surface area (Å²) < 4.78 is 41.0. The van der Waals surface area contributed by atoms with Gasteiger partial charge in [-0.2, -0.15) is 18.3 Å². The first-order chi connectivity index (χ1) is 14.6. The van der Waals surface area contributed by atoms with Crippen LogP contribution in [0.25, 0.3) is 16.7 Å². The van der Waals surface area contributed by atoms with E-state index in [4.69, 9.17) is 0 Å². The van der Waals surface area contributed by atoms with Gasteiger partial charge in [0.05, 0.1) is 17.4 Å². The summed E-state index contributed by atoms with van der Waals surface area (Å²) in [5, 5.41) is 4.36. The average Bonchev–Trinajstić information content (AvgIpc) is 3.16. The molecule has 0 aliphatic rings. The van der Waals surface area contributed by atoms with Gasteiger partial charge in [-0.05, 0) is 55.3 Å². The topological polar surface area (TPSA) is 81.8 Å². The van der Waals surface area contributed by atoms with Gasteiger partial charge < -0.3 is 0 Å². The normalized spacial score (nSPS) is 11.6. The molecule has 1 amide bonds. The van der Waals surface area contributed by atoms with Crippen molar-refractivity contribution in [3.8, 4) is 5.69 Å². The number of carbonyl (C=O) groups excluding carboxylic acids is 1. The Kier molecular flexibility index (Phi) is 4.84. The molecule has 0 radical (unpaired) electrons. The van der Waals surface area contributed by atoms with Crippen molar-refractivity contribution in [2.75, 3.05) is 5.43 Å². The van der Waals surface area contributed by atoms with Gasteiger partial charge in [-0.15, -0.1) is 0 Å². The van der Waals surface area contributed by atoms with Gasteiger partial charge in [0.15, 0.2) is 5.65 Å². The fourth-order valence-corrected chi connectivity index (χ4v) is 3.05. The van der Waals surface area contributed by atoms with E-state index in [9.17, 15) is 22.8 Å². The van der Waals surface area contributed by atoms with Gasteiger partial charge in [-0.25, -0.2) is 14.3 Å². The molecule has 0 bridgehead atoms. The maximum atomic E-state index is 12.9. The molecule has 7 nitrogen and oxygen atoms in total. The predicted molar refractivity (Wildman–Crippen MR) is 108 cm³/mol. The second-order valence-electron chi connectivity index (χ2n) is 7.00. The number of hydrogen-bond donors (Lipinski definition) is 1. The van der Waals surface area contributed by atoms with Gasteiger partial charge in [0.25, 0.3) is 11.5 Å². The summed E-state index contributed by atoms with van der Waals surface area (Å²) in [6.07, 6.45) is -2.17. The van der Waals surface area contributed by atoms with Gasteiger partial charge in [0.1, 0.15) is 11.7 Å². The fourth-order valence-electron chi connectivity index (χ4n) is 3.05. The second-order valence-corrected chi connectivity index (χ2v) is 7.00. The lowest BCUT2D eigenvalue weighted by Gasteiger charge is -2.10. The molecular formula is C21H16F3N5O2. The first kappa shape index (κ1) is 20.3. The molecule has 0 fully saturated rings. The van der Waals surface area contributed by atoms with Crippen LogP contribution in [-0.2, 0) is 6.18 Å². The fraction of sp³-hybridized carbons (Fsp3) is 0.143. The molecule has 0 spiro atoms. The molecule has 0 saturated heterocycles. The standard InChI is InChI=1S/C21H16F3N5O2/c1-12-6-7-16(8-13(12)2)29-18-17(10-26-29)20(31)28(11-25-18)27-19(30)14-4-3-5-15(9-14)21(22,23)24/h3-11H,1-2H3,(H,27,30). The summed E-state index contributed by atoms with van der Waals surface area (Å²) in [7, 11) is 0. The third kappa shape index (κ3) is 3.79. The van der Waals surface area contributed by atoms with Crippen molar-refractivity contribution in [1.82, 2.24) is 19.4 Å². The molecule has 158 valence electrons. The largest absolute Gasteiger partial charge is 0.416 e. The Morgan fingerprint density at radius 1 is 1.06 bits per heavy atom. The van der Waals surface area contributed by atoms with Crippen LogP contribution in [0.5, 0.6) is 0 Å². The number of halogens is 3. The highest BCUT2D eigenvalue weighted by Crippen LogP contribution is 2.29. The molecule has 0 atom stereocenters. The summed E-state index contributed by atoms with van der Waals surface area (Å²) in [6.45, 7) is 3.93. The summed E-state index contributed by atoms with van der Waals surface area (Å²) in [4.78, 5) is 29.4. The summed E-state index contributed by atoms with van der Waals surface area (Å²) >= 11 is 0. The molecular weight excluding hydrogens is 411 g/mol. The van der Waals surface area contributed by atoms with Crippen LogP contribution in [0.4, 0.5) is 13.2 Å². The number of aromatic nitrogens is 4. The van der Waals surface area contributed by atoms with E-state index in [1.54, 1.807) is 0 Å². The Labute approximate surface area is 173 Å². The Morgan fingerprint density at radius 3 is 2.55 bits per heavy atom. The number of alkyl halides is 3. The number of aryl methyl sites for hydroxylation is 2. The minimum absolute atomic E-state index is 0.144. The smallest absolute Gasteiger partial charge is 0.267 e. The van der Waals surface area contributed by atoms with E-state index in [2.05, 4.69) is 15.5 Å². The van der Waals surface area contributed by atoms with Gasteiger partial charge in [0.2, 0.25) is 0 Å². The Morgan fingerprint density at radius 2 is 1.84 bits per heavy atom. The van der Waals surface area contributed by atoms with Crippen LogP contribution in [0.1, 0.15) is 27.0 Å². The van der Waals surface area contributed by atoms with Crippen LogP contribution in [0, 0.1) is 13.8 Å². The number of fused-ring (bicyclic) bond motifs is 1. The summed E-state index contributed by atoms with van der Waals surface area (Å²) in [6, 6.07) is 9.59. The molecule has 0 unspecified atom stereocenters. The van der Waals surface area contributed by atoms with E-state index >= 15 is 0 Å². The second kappa shape index (κ2) is 7.38. The third-order valence-electron chi connectivity index (χ3n) is 4.90. The highest BCUT2D eigenvalue weighted by molar-refractivity contribution is 6.00. The third-order valence-corrected chi connectivity index (χ3v) is 4.90. The number of rotatable bonds is 3.